The normalized spacial score (nSPS) is 11.9. The van der Waals surface area contributed by atoms with Crippen molar-refractivity contribution in [3.63, 3.8) is 0 Å². The predicted octanol–water partition coefficient (Wildman–Crippen LogP) is 2.26. The Labute approximate surface area is 95.6 Å². The van der Waals surface area contributed by atoms with E-state index in [-0.39, 0.29) is 11.4 Å². The summed E-state index contributed by atoms with van der Waals surface area (Å²) in [4.78, 5) is 2.89. The maximum atomic E-state index is 12.7. The number of halogens is 3. The Morgan fingerprint density at radius 2 is 2.06 bits per heavy atom. The summed E-state index contributed by atoms with van der Waals surface area (Å²) in [6.45, 7) is 1.29. The van der Waals surface area contributed by atoms with E-state index in [0.717, 1.165) is 6.20 Å². The van der Waals surface area contributed by atoms with Gasteiger partial charge >= 0.3 is 0 Å². The van der Waals surface area contributed by atoms with E-state index in [9.17, 15) is 17.2 Å². The molecule has 0 N–H and O–H groups in total. The van der Waals surface area contributed by atoms with E-state index in [1.54, 1.807) is 0 Å². The zero-order valence-electron chi connectivity index (χ0n) is 8.37. The van der Waals surface area contributed by atoms with Crippen LogP contribution in [0.25, 0.3) is 0 Å². The van der Waals surface area contributed by atoms with E-state index >= 15 is 0 Å². The van der Waals surface area contributed by atoms with E-state index in [4.69, 9.17) is 15.4 Å². The van der Waals surface area contributed by atoms with Crippen LogP contribution in [0.3, 0.4) is 0 Å². The highest BCUT2D eigenvalue weighted by molar-refractivity contribution is 8.13. The van der Waals surface area contributed by atoms with Crippen molar-refractivity contribution in [2.75, 3.05) is 7.11 Å². The lowest BCUT2D eigenvalue weighted by atomic mass is 10.1. The summed E-state index contributed by atoms with van der Waals surface area (Å²) in [6, 6.07) is 0. The van der Waals surface area contributed by atoms with Crippen LogP contribution in [0, 0.1) is 6.92 Å². The number of hydrogen-bond donors (Lipinski definition) is 0. The van der Waals surface area contributed by atoms with Gasteiger partial charge < -0.3 is 4.74 Å². The number of aromatic nitrogens is 1. The highest BCUT2D eigenvalue weighted by Gasteiger charge is 2.26. The maximum absolute atomic E-state index is 12.7. The predicted molar refractivity (Wildman–Crippen MR) is 53.5 cm³/mol. The molecule has 1 heterocycles. The van der Waals surface area contributed by atoms with Crippen LogP contribution in [0.1, 0.15) is 17.6 Å². The van der Waals surface area contributed by atoms with Gasteiger partial charge in [0.15, 0.2) is 0 Å². The number of methoxy groups -OCH3 is 1. The second kappa shape index (κ2) is 4.50. The molecule has 0 unspecified atom stereocenters. The zero-order chi connectivity index (χ0) is 12.5. The van der Waals surface area contributed by atoms with Gasteiger partial charge in [-0.25, -0.2) is 22.2 Å². The van der Waals surface area contributed by atoms with Gasteiger partial charge in [-0.3, -0.25) is 0 Å². The van der Waals surface area contributed by atoms with E-state index in [1.807, 2.05) is 0 Å². The third-order valence-corrected chi connectivity index (χ3v) is 3.31. The zero-order valence-corrected chi connectivity index (χ0v) is 9.94. The van der Waals surface area contributed by atoms with Crippen molar-refractivity contribution in [1.29, 1.82) is 0 Å². The minimum absolute atomic E-state index is 0.0424. The van der Waals surface area contributed by atoms with Crippen LogP contribution in [-0.2, 0) is 9.05 Å². The molecule has 16 heavy (non-hydrogen) atoms. The highest BCUT2D eigenvalue weighted by Crippen LogP contribution is 2.34. The molecule has 0 fully saturated rings. The van der Waals surface area contributed by atoms with Crippen molar-refractivity contribution < 1.29 is 21.9 Å². The Kier molecular flexibility index (Phi) is 3.69. The number of hydrogen-bond acceptors (Lipinski definition) is 4. The molecule has 8 heteroatoms. The number of ether oxygens (including phenoxy) is 1. The van der Waals surface area contributed by atoms with Crippen molar-refractivity contribution in [3.05, 3.63) is 17.3 Å². The Bertz CT molecular complexity index is 504. The number of pyridine rings is 1. The fourth-order valence-electron chi connectivity index (χ4n) is 1.25. The Morgan fingerprint density at radius 1 is 1.50 bits per heavy atom. The number of alkyl halides is 2. The third-order valence-electron chi connectivity index (χ3n) is 1.96. The molecule has 0 bridgehead atoms. The second-order valence-corrected chi connectivity index (χ2v) is 5.44. The molecular weight excluding hydrogens is 264 g/mol. The van der Waals surface area contributed by atoms with Crippen LogP contribution in [0.5, 0.6) is 5.88 Å². The molecule has 1 aromatic heterocycles. The lowest BCUT2D eigenvalue weighted by Crippen LogP contribution is -2.05. The first-order chi connectivity index (χ1) is 7.29. The minimum atomic E-state index is -4.25. The molecule has 0 saturated carbocycles. The molecule has 0 aliphatic rings. The Balaban J connectivity index is 3.60. The fourth-order valence-corrected chi connectivity index (χ4v) is 2.31. The van der Waals surface area contributed by atoms with Gasteiger partial charge in [0.05, 0.1) is 13.3 Å². The quantitative estimate of drug-likeness (QED) is 0.792. The van der Waals surface area contributed by atoms with Crippen LogP contribution in [0.15, 0.2) is 11.1 Å². The minimum Gasteiger partial charge on any atom is -0.481 e. The summed E-state index contributed by atoms with van der Waals surface area (Å²) in [6.07, 6.45) is -2.21. The molecule has 0 aliphatic carbocycles. The molecule has 0 aliphatic heterocycles. The van der Waals surface area contributed by atoms with Gasteiger partial charge in [-0.2, -0.15) is 0 Å². The monoisotopic (exact) mass is 271 g/mol. The molecule has 0 radical (unpaired) electrons. The van der Waals surface area contributed by atoms with Gasteiger partial charge in [0.1, 0.15) is 4.90 Å². The molecule has 0 aromatic carbocycles. The first-order valence-corrected chi connectivity index (χ1v) is 6.36. The van der Waals surface area contributed by atoms with Crippen molar-refractivity contribution in [2.24, 2.45) is 0 Å². The van der Waals surface area contributed by atoms with Gasteiger partial charge in [-0.05, 0) is 6.92 Å². The van der Waals surface area contributed by atoms with E-state index < -0.39 is 25.9 Å². The standard InChI is InChI=1S/C8H8ClF2NO3S/c1-4-6(7(10)11)5(16(9,13)14)3-12-8(4)15-2/h3,7H,1-2H3. The molecule has 90 valence electrons. The van der Waals surface area contributed by atoms with E-state index in [2.05, 4.69) is 4.98 Å². The summed E-state index contributed by atoms with van der Waals surface area (Å²) >= 11 is 0. The van der Waals surface area contributed by atoms with Crippen LogP contribution < -0.4 is 4.74 Å². The average molecular weight is 272 g/mol. The number of rotatable bonds is 3. The highest BCUT2D eigenvalue weighted by atomic mass is 35.7. The maximum Gasteiger partial charge on any atom is 0.265 e. The SMILES string of the molecule is COc1ncc(S(=O)(=O)Cl)c(C(F)F)c1C. The second-order valence-electron chi connectivity index (χ2n) is 2.91. The third kappa shape index (κ3) is 2.41. The summed E-state index contributed by atoms with van der Waals surface area (Å²) < 4.78 is 52.3. The topological polar surface area (TPSA) is 56.3 Å². The van der Waals surface area contributed by atoms with Gasteiger partial charge in [-0.1, -0.05) is 0 Å². The van der Waals surface area contributed by atoms with E-state index in [1.165, 1.54) is 14.0 Å². The first kappa shape index (κ1) is 13.1. The average Bonchev–Trinajstić information content (AvgIpc) is 2.15. The lowest BCUT2D eigenvalue weighted by Gasteiger charge is -2.11. The molecule has 1 aromatic rings. The van der Waals surface area contributed by atoms with Gasteiger partial charge in [0.25, 0.3) is 15.5 Å². The van der Waals surface area contributed by atoms with Gasteiger partial charge in [-0.15, -0.1) is 0 Å². The van der Waals surface area contributed by atoms with Crippen molar-refractivity contribution >= 4 is 19.7 Å². The fraction of sp³-hybridized carbons (Fsp3) is 0.375. The summed E-state index contributed by atoms with van der Waals surface area (Å²) in [7, 11) is 2.03. The molecule has 0 atom stereocenters. The van der Waals surface area contributed by atoms with E-state index in [0.29, 0.717) is 0 Å². The van der Waals surface area contributed by atoms with Crippen molar-refractivity contribution in [3.8, 4) is 5.88 Å². The Hall–Kier alpha value is -0.950. The largest absolute Gasteiger partial charge is 0.481 e. The Morgan fingerprint density at radius 3 is 2.44 bits per heavy atom. The summed E-state index contributed by atoms with van der Waals surface area (Å²) in [5.41, 5.74) is -0.721. The summed E-state index contributed by atoms with van der Waals surface area (Å²) in [5, 5.41) is 0. The van der Waals surface area contributed by atoms with Gasteiger partial charge in [0, 0.05) is 21.8 Å². The molecular formula is C8H8ClF2NO3S. The molecule has 0 saturated heterocycles. The number of nitrogens with zero attached hydrogens (tertiary/aromatic N) is 1. The van der Waals surface area contributed by atoms with Crippen LogP contribution >= 0.6 is 10.7 Å². The summed E-state index contributed by atoms with van der Waals surface area (Å²) in [5.74, 6) is -0.0561. The van der Waals surface area contributed by atoms with Crippen LogP contribution in [0.4, 0.5) is 8.78 Å². The van der Waals surface area contributed by atoms with Crippen LogP contribution in [0.2, 0.25) is 0 Å². The van der Waals surface area contributed by atoms with Crippen molar-refractivity contribution in [2.45, 2.75) is 18.2 Å². The lowest BCUT2D eigenvalue weighted by molar-refractivity contribution is 0.146. The first-order valence-electron chi connectivity index (χ1n) is 4.05. The van der Waals surface area contributed by atoms with Crippen LogP contribution in [-0.4, -0.2) is 20.5 Å². The smallest absolute Gasteiger partial charge is 0.265 e. The molecule has 1 rings (SSSR count). The molecule has 0 amide bonds. The van der Waals surface area contributed by atoms with Crippen molar-refractivity contribution in [1.82, 2.24) is 4.98 Å². The molecule has 4 nitrogen and oxygen atoms in total. The molecule has 0 spiro atoms. The van der Waals surface area contributed by atoms with Gasteiger partial charge in [0.2, 0.25) is 5.88 Å².